The van der Waals surface area contributed by atoms with Gasteiger partial charge in [-0.15, -0.1) is 0 Å². The summed E-state index contributed by atoms with van der Waals surface area (Å²) in [5, 5.41) is 8.43. The fourth-order valence-electron chi connectivity index (χ4n) is 17.4. The van der Waals surface area contributed by atoms with Gasteiger partial charge in [0.1, 0.15) is 22.3 Å². The molecule has 6 nitrogen and oxygen atoms in total. The number of hydrogen-bond donors (Lipinski definition) is 0. The van der Waals surface area contributed by atoms with E-state index in [2.05, 4.69) is 333 Å². The predicted molar refractivity (Wildman–Crippen MR) is 455 cm³/mol. The fourth-order valence-corrected chi connectivity index (χ4v) is 17.4. The highest BCUT2D eigenvalue weighted by Gasteiger charge is 2.46. The summed E-state index contributed by atoms with van der Waals surface area (Å²) < 4.78 is 65.9. The molecule has 0 aliphatic carbocycles. The van der Waals surface area contributed by atoms with Gasteiger partial charge in [-0.1, -0.05) is 253 Å². The van der Waals surface area contributed by atoms with E-state index in [1.807, 2.05) is 24.3 Å². The van der Waals surface area contributed by atoms with Crippen molar-refractivity contribution < 1.29 is 15.7 Å². The highest BCUT2D eigenvalue weighted by Crippen LogP contribution is 2.55. The molecule has 0 atom stereocenters. The molecule has 20 rings (SSSR count). The van der Waals surface area contributed by atoms with Crippen molar-refractivity contribution in [2.75, 3.05) is 9.80 Å². The number of hydrogen-bond acceptors (Lipinski definition) is 4. The molecule has 14 aromatic carbocycles. The van der Waals surface area contributed by atoms with Crippen LogP contribution in [0.5, 0.6) is 0 Å². The molecule has 0 amide bonds. The van der Waals surface area contributed by atoms with E-state index in [0.717, 1.165) is 155 Å². The van der Waals surface area contributed by atoms with Crippen LogP contribution < -0.4 is 26.2 Å². The minimum Gasteiger partial charge on any atom is -0.456 e. The SMILES string of the molecule is [2H]c1c([2H])c([2H])c(-c2ccc3c(c2)N(c2cc(-c4ccccc4)cc4oc5ccccc5c24)c2cc(-n4c5ccc(C(C)(C)C)cc5c5cc(C(C)(C)C)ccc54)cc4c2B3c2ccc(-n3c5ccc(C(C)(C)C)cc5c5cc(C(C)(C)C)ccc53)cc2N4c2c(-c3ccccc3)ccc3oc4ccccc4c23)c([2H])c1[2H]. The van der Waals surface area contributed by atoms with E-state index in [0.29, 0.717) is 11.1 Å². The van der Waals surface area contributed by atoms with Crippen LogP contribution in [0.25, 0.3) is 132 Å². The summed E-state index contributed by atoms with van der Waals surface area (Å²) in [5.41, 5.74) is 26.5. The minimum absolute atomic E-state index is 0.115. The zero-order chi connectivity index (χ0) is 77.2. The maximum Gasteiger partial charge on any atom is 0.252 e. The van der Waals surface area contributed by atoms with Crippen molar-refractivity contribution in [3.63, 3.8) is 0 Å². The minimum atomic E-state index is -0.502. The Balaban J connectivity index is 1.00. The number of furan rings is 2. The Morgan fingerprint density at radius 3 is 1.29 bits per heavy atom. The van der Waals surface area contributed by atoms with Crippen LogP contribution in [0, 0.1) is 0 Å². The van der Waals surface area contributed by atoms with Crippen molar-refractivity contribution >= 4 is 145 Å². The topological polar surface area (TPSA) is 42.6 Å². The van der Waals surface area contributed by atoms with Gasteiger partial charge in [0.25, 0.3) is 6.71 Å². The lowest BCUT2D eigenvalue weighted by molar-refractivity contribution is 0.590. The Morgan fingerprint density at radius 1 is 0.299 bits per heavy atom. The number of benzene rings is 14. The van der Waals surface area contributed by atoms with Crippen molar-refractivity contribution in [1.29, 1.82) is 0 Å². The molecule has 18 aromatic rings. The fraction of sp³-hybridized carbons (Fsp3) is 0.160. The highest BCUT2D eigenvalue weighted by atomic mass is 16.3. The summed E-state index contributed by atoms with van der Waals surface area (Å²) in [4.78, 5) is 5.01. The van der Waals surface area contributed by atoms with Gasteiger partial charge in [-0.2, -0.15) is 0 Å². The first-order valence-corrected chi connectivity index (χ1v) is 37.5. The first-order chi connectivity index (χ1) is 53.7. The number of fused-ring (bicyclic) bond motifs is 16. The average molecular weight is 1390 g/mol. The van der Waals surface area contributed by atoms with Gasteiger partial charge in [-0.25, -0.2) is 0 Å². The van der Waals surface area contributed by atoms with Crippen molar-refractivity contribution in [3.8, 4) is 44.8 Å². The number of rotatable bonds is 7. The predicted octanol–water partition coefficient (Wildman–Crippen LogP) is 26.0. The second-order valence-corrected chi connectivity index (χ2v) is 33.7. The third kappa shape index (κ3) is 10.1. The summed E-state index contributed by atoms with van der Waals surface area (Å²) in [5.74, 6) is 0. The lowest BCUT2D eigenvalue weighted by atomic mass is 9.33. The summed E-state index contributed by atoms with van der Waals surface area (Å²) >= 11 is 0. The highest BCUT2D eigenvalue weighted by molar-refractivity contribution is 7.00. The van der Waals surface area contributed by atoms with Crippen LogP contribution in [0.2, 0.25) is 0 Å². The molecule has 0 fully saturated rings. The first kappa shape index (κ1) is 59.2. The van der Waals surface area contributed by atoms with Crippen LogP contribution >= 0.6 is 0 Å². The number of aromatic nitrogens is 2. The molecule has 7 heteroatoms. The summed E-state index contributed by atoms with van der Waals surface area (Å²) in [7, 11) is 0. The standard InChI is InChI=1S/C100H83BN4O2/c1-97(2,3)65-37-45-80-74(53-65)75-54-66(98(4,5)6)38-46-81(75)102(80)69-41-44-79-85(57-69)105(96-71(62-30-20-15-21-31-62)42-49-91-94(96)73-33-23-25-35-90(73)106-91)88-59-70(103-82-47-39-67(99(7,8)9)55-76(82)77-56-68(100(10,11)12)40-48-83(77)103)58-87-95(88)101(79)78-43-36-63(60-26-16-13-17-27-60)50-84(78)104(87)86-51-64(61-28-18-14-19-29-61)52-92-93(86)72-32-22-24-34-89(72)107-92/h13-59H,1-12H3/i13D,16D,17D,26D,27D. The third-order valence-corrected chi connectivity index (χ3v) is 23.0. The molecular weight excluding hydrogens is 1300 g/mol. The Labute approximate surface area is 632 Å². The lowest BCUT2D eigenvalue weighted by Gasteiger charge is -2.45. The number of para-hydroxylation sites is 2. The molecular formula is C100H83BN4O2. The summed E-state index contributed by atoms with van der Waals surface area (Å²) in [6, 6.07) is 91.5. The van der Waals surface area contributed by atoms with Crippen molar-refractivity contribution in [2.45, 2.75) is 105 Å². The maximum atomic E-state index is 9.71. The van der Waals surface area contributed by atoms with Crippen LogP contribution in [0.4, 0.5) is 34.1 Å². The van der Waals surface area contributed by atoms with E-state index in [1.54, 1.807) is 0 Å². The van der Waals surface area contributed by atoms with Gasteiger partial charge in [0.15, 0.2) is 0 Å². The van der Waals surface area contributed by atoms with Crippen LogP contribution in [0.3, 0.4) is 0 Å². The Hall–Kier alpha value is -12.1. The van der Waals surface area contributed by atoms with E-state index in [-0.39, 0.29) is 39.3 Å². The Morgan fingerprint density at radius 2 is 0.748 bits per heavy atom. The van der Waals surface area contributed by atoms with Crippen molar-refractivity contribution in [3.05, 3.63) is 307 Å². The van der Waals surface area contributed by atoms with Gasteiger partial charge < -0.3 is 27.8 Å². The maximum absolute atomic E-state index is 9.71. The van der Waals surface area contributed by atoms with Gasteiger partial charge in [-0.05, 0) is 203 Å². The van der Waals surface area contributed by atoms with Crippen LogP contribution in [0.1, 0.15) is 112 Å². The van der Waals surface area contributed by atoms with Crippen LogP contribution in [-0.2, 0) is 21.7 Å². The van der Waals surface area contributed by atoms with E-state index in [1.165, 1.54) is 33.0 Å². The molecule has 0 unspecified atom stereocenters. The van der Waals surface area contributed by atoms with Gasteiger partial charge in [0.2, 0.25) is 0 Å². The molecule has 0 bridgehead atoms. The molecule has 518 valence electrons. The van der Waals surface area contributed by atoms with Gasteiger partial charge >= 0.3 is 0 Å². The van der Waals surface area contributed by atoms with E-state index >= 15 is 0 Å². The van der Waals surface area contributed by atoms with Gasteiger partial charge in [-0.3, -0.25) is 0 Å². The third-order valence-electron chi connectivity index (χ3n) is 23.0. The molecule has 0 saturated carbocycles. The molecule has 2 aliphatic rings. The Kier molecular flexibility index (Phi) is 12.9. The summed E-state index contributed by atoms with van der Waals surface area (Å²) in [6.45, 7) is 27.0. The molecule has 2 aliphatic heterocycles. The normalized spacial score (nSPS) is 14.0. The molecule has 0 radical (unpaired) electrons. The average Bonchev–Trinajstić information content (AvgIpc) is 1.05. The van der Waals surface area contributed by atoms with E-state index < -0.39 is 24.8 Å². The van der Waals surface area contributed by atoms with Crippen LogP contribution in [0.15, 0.2) is 294 Å². The second kappa shape index (κ2) is 23.2. The molecule has 4 aromatic heterocycles. The zero-order valence-electron chi connectivity index (χ0n) is 67.4. The van der Waals surface area contributed by atoms with Gasteiger partial charge in [0.05, 0.1) is 56.8 Å². The summed E-state index contributed by atoms with van der Waals surface area (Å²) in [6.07, 6.45) is 0. The number of anilines is 6. The quantitative estimate of drug-likeness (QED) is 0.149. The van der Waals surface area contributed by atoms with Gasteiger partial charge in [0, 0.05) is 66.3 Å². The monoisotopic (exact) mass is 1390 g/mol. The first-order valence-electron chi connectivity index (χ1n) is 40.0. The largest absolute Gasteiger partial charge is 0.456 e. The smallest absolute Gasteiger partial charge is 0.252 e. The zero-order valence-corrected chi connectivity index (χ0v) is 62.4. The number of nitrogens with zero attached hydrogens (tertiary/aromatic N) is 4. The molecule has 6 heterocycles. The molecule has 0 N–H and O–H groups in total. The van der Waals surface area contributed by atoms with E-state index in [4.69, 9.17) is 10.2 Å². The lowest BCUT2D eigenvalue weighted by Crippen LogP contribution is -2.61. The second-order valence-electron chi connectivity index (χ2n) is 33.7. The van der Waals surface area contributed by atoms with Crippen molar-refractivity contribution in [1.82, 2.24) is 9.13 Å². The van der Waals surface area contributed by atoms with E-state index in [9.17, 15) is 5.48 Å². The van der Waals surface area contributed by atoms with Crippen molar-refractivity contribution in [2.24, 2.45) is 0 Å². The molecule has 107 heavy (non-hydrogen) atoms. The Bertz CT molecular complexity index is 6910. The van der Waals surface area contributed by atoms with Crippen LogP contribution in [-0.4, -0.2) is 15.8 Å². The molecule has 0 saturated heterocycles. The molecule has 0 spiro atoms.